The average molecular weight is 499 g/mol. The first-order valence-electron chi connectivity index (χ1n) is 11.6. The molecule has 2 aromatic carbocycles. The maximum atomic E-state index is 12.7. The van der Waals surface area contributed by atoms with Crippen LogP contribution in [0.25, 0.3) is 0 Å². The van der Waals surface area contributed by atoms with E-state index in [4.69, 9.17) is 13.9 Å². The Morgan fingerprint density at radius 2 is 1.71 bits per heavy atom. The number of carbonyl (C=O) groups is 1. The van der Waals surface area contributed by atoms with Gasteiger partial charge in [0.05, 0.1) is 31.0 Å². The van der Waals surface area contributed by atoms with Crippen LogP contribution in [0.15, 0.2) is 76.2 Å². The highest BCUT2D eigenvalue weighted by Gasteiger charge is 2.26. The number of sulfonamides is 1. The molecule has 3 aromatic rings. The molecule has 0 atom stereocenters. The number of carbonyl (C=O) groups excluding carboxylic acids is 1. The van der Waals surface area contributed by atoms with Gasteiger partial charge in [0.2, 0.25) is 15.9 Å². The Hall–Kier alpha value is -2.98. The van der Waals surface area contributed by atoms with E-state index < -0.39 is 10.0 Å². The molecule has 0 spiro atoms. The van der Waals surface area contributed by atoms with Crippen molar-refractivity contribution < 1.29 is 27.1 Å². The summed E-state index contributed by atoms with van der Waals surface area (Å²) in [4.78, 5) is 12.6. The molecule has 0 radical (unpaired) electrons. The van der Waals surface area contributed by atoms with Crippen LogP contribution in [0.2, 0.25) is 0 Å². The molecule has 1 aliphatic rings. The zero-order valence-corrected chi connectivity index (χ0v) is 20.3. The third-order valence-corrected chi connectivity index (χ3v) is 7.66. The highest BCUT2D eigenvalue weighted by molar-refractivity contribution is 7.89. The van der Waals surface area contributed by atoms with Crippen molar-refractivity contribution in [3.63, 3.8) is 0 Å². The van der Waals surface area contributed by atoms with Gasteiger partial charge in [-0.15, -0.1) is 0 Å². The van der Waals surface area contributed by atoms with Crippen LogP contribution in [-0.4, -0.2) is 44.9 Å². The maximum absolute atomic E-state index is 12.7. The van der Waals surface area contributed by atoms with Gasteiger partial charge in [-0.2, -0.15) is 4.31 Å². The van der Waals surface area contributed by atoms with Crippen molar-refractivity contribution >= 4 is 15.9 Å². The predicted octanol–water partition coefficient (Wildman–Crippen LogP) is 3.27. The van der Waals surface area contributed by atoms with Gasteiger partial charge < -0.3 is 19.2 Å². The number of ether oxygens (including phenoxy) is 2. The Bertz CT molecular complexity index is 1190. The normalized spacial score (nSPS) is 14.6. The second kappa shape index (κ2) is 12.1. The zero-order chi connectivity index (χ0) is 24.5. The number of hydrogen-bond acceptors (Lipinski definition) is 6. The molecule has 0 unspecified atom stereocenters. The zero-order valence-electron chi connectivity index (χ0n) is 19.5. The number of morpholine rings is 1. The summed E-state index contributed by atoms with van der Waals surface area (Å²) < 4.78 is 43.0. The molecule has 2 heterocycles. The summed E-state index contributed by atoms with van der Waals surface area (Å²) in [6.45, 7) is 2.86. The number of hydrogen-bond donors (Lipinski definition) is 1. The highest BCUT2D eigenvalue weighted by atomic mass is 32.2. The van der Waals surface area contributed by atoms with Gasteiger partial charge in [0, 0.05) is 26.1 Å². The lowest BCUT2D eigenvalue weighted by Crippen LogP contribution is -2.40. The fourth-order valence-electron chi connectivity index (χ4n) is 3.80. The fraction of sp³-hybridized carbons (Fsp3) is 0.346. The van der Waals surface area contributed by atoms with Crippen LogP contribution in [0.5, 0.6) is 0 Å². The minimum atomic E-state index is -3.51. The lowest BCUT2D eigenvalue weighted by molar-refractivity contribution is -0.121. The maximum Gasteiger partial charge on any atom is 0.243 e. The van der Waals surface area contributed by atoms with E-state index in [-0.39, 0.29) is 10.8 Å². The van der Waals surface area contributed by atoms with Gasteiger partial charge in [0.25, 0.3) is 0 Å². The van der Waals surface area contributed by atoms with Gasteiger partial charge in [-0.3, -0.25) is 4.79 Å². The topological polar surface area (TPSA) is 98.1 Å². The third-order valence-electron chi connectivity index (χ3n) is 5.75. The van der Waals surface area contributed by atoms with E-state index in [0.717, 1.165) is 22.5 Å². The Morgan fingerprint density at radius 1 is 0.943 bits per heavy atom. The third kappa shape index (κ3) is 7.25. The second-order valence-electron chi connectivity index (χ2n) is 8.33. The Balaban J connectivity index is 1.21. The van der Waals surface area contributed by atoms with Crippen LogP contribution >= 0.6 is 0 Å². The van der Waals surface area contributed by atoms with Crippen LogP contribution in [0.1, 0.15) is 28.9 Å². The Morgan fingerprint density at radius 3 is 2.46 bits per heavy atom. The SMILES string of the molecule is O=C(CCc1ccc(S(=O)(=O)N2CCOCC2)cc1)NCc1cccc(COCc2ccco2)c1. The Kier molecular flexibility index (Phi) is 8.70. The van der Waals surface area contributed by atoms with E-state index in [1.54, 1.807) is 30.5 Å². The molecule has 8 nitrogen and oxygen atoms in total. The summed E-state index contributed by atoms with van der Waals surface area (Å²) in [5.74, 6) is 0.719. The summed E-state index contributed by atoms with van der Waals surface area (Å²) in [6, 6.07) is 18.4. The van der Waals surface area contributed by atoms with Crippen LogP contribution in [0.3, 0.4) is 0 Å². The summed E-state index contributed by atoms with van der Waals surface area (Å²) in [7, 11) is -3.51. The summed E-state index contributed by atoms with van der Waals surface area (Å²) in [5.41, 5.74) is 2.93. The molecule has 1 fully saturated rings. The van der Waals surface area contributed by atoms with Crippen molar-refractivity contribution in [1.82, 2.24) is 9.62 Å². The van der Waals surface area contributed by atoms with Gasteiger partial charge >= 0.3 is 0 Å². The van der Waals surface area contributed by atoms with E-state index in [1.807, 2.05) is 36.4 Å². The summed E-state index contributed by atoms with van der Waals surface area (Å²) in [5, 5.41) is 2.94. The van der Waals surface area contributed by atoms with E-state index in [2.05, 4.69) is 5.32 Å². The molecular formula is C26H30N2O6S. The van der Waals surface area contributed by atoms with Crippen LogP contribution in [0.4, 0.5) is 0 Å². The van der Waals surface area contributed by atoms with E-state index in [0.29, 0.717) is 58.9 Å². The molecule has 35 heavy (non-hydrogen) atoms. The molecule has 4 rings (SSSR count). The Labute approximate surface area is 205 Å². The lowest BCUT2D eigenvalue weighted by Gasteiger charge is -2.26. The molecule has 0 aliphatic carbocycles. The minimum absolute atomic E-state index is 0.0607. The molecule has 1 saturated heterocycles. The van der Waals surface area contributed by atoms with E-state index in [9.17, 15) is 13.2 Å². The average Bonchev–Trinajstić information content (AvgIpc) is 3.41. The fourth-order valence-corrected chi connectivity index (χ4v) is 5.21. The number of furan rings is 1. The van der Waals surface area contributed by atoms with Crippen molar-refractivity contribution in [3.8, 4) is 0 Å². The number of rotatable bonds is 11. The van der Waals surface area contributed by atoms with Gasteiger partial charge in [-0.25, -0.2) is 8.42 Å². The standard InChI is InChI=1S/C26H30N2O6S/c29-26(27-18-22-3-1-4-23(17-22)19-33-20-24-5-2-14-34-24)11-8-21-6-9-25(10-7-21)35(30,31)28-12-15-32-16-13-28/h1-7,9-10,14,17H,8,11-13,15-16,18-20H2,(H,27,29). The molecular weight excluding hydrogens is 468 g/mol. The summed E-state index contributed by atoms with van der Waals surface area (Å²) in [6.07, 6.45) is 2.47. The first kappa shape index (κ1) is 25.1. The first-order valence-corrected chi connectivity index (χ1v) is 13.1. The van der Waals surface area contributed by atoms with Crippen molar-refractivity contribution in [1.29, 1.82) is 0 Å². The number of nitrogens with one attached hydrogen (secondary N) is 1. The van der Waals surface area contributed by atoms with Crippen LogP contribution in [0, 0.1) is 0 Å². The van der Waals surface area contributed by atoms with Crippen molar-refractivity contribution in [2.45, 2.75) is 37.5 Å². The van der Waals surface area contributed by atoms with Crippen LogP contribution in [-0.2, 0) is 50.5 Å². The predicted molar refractivity (Wildman–Crippen MR) is 130 cm³/mol. The molecule has 186 valence electrons. The number of benzene rings is 2. The van der Waals surface area contributed by atoms with E-state index >= 15 is 0 Å². The molecule has 1 N–H and O–H groups in total. The van der Waals surface area contributed by atoms with Crippen molar-refractivity contribution in [2.75, 3.05) is 26.3 Å². The monoisotopic (exact) mass is 498 g/mol. The highest BCUT2D eigenvalue weighted by Crippen LogP contribution is 2.18. The molecule has 1 aliphatic heterocycles. The first-order chi connectivity index (χ1) is 17.0. The van der Waals surface area contributed by atoms with E-state index in [1.165, 1.54) is 4.31 Å². The summed E-state index contributed by atoms with van der Waals surface area (Å²) >= 11 is 0. The molecule has 0 bridgehead atoms. The molecule has 1 amide bonds. The van der Waals surface area contributed by atoms with Crippen LogP contribution < -0.4 is 5.32 Å². The lowest BCUT2D eigenvalue weighted by atomic mass is 10.1. The van der Waals surface area contributed by atoms with Gasteiger partial charge in [-0.1, -0.05) is 36.4 Å². The van der Waals surface area contributed by atoms with Crippen molar-refractivity contribution in [3.05, 3.63) is 89.4 Å². The quantitative estimate of drug-likeness (QED) is 0.436. The molecule has 9 heteroatoms. The second-order valence-corrected chi connectivity index (χ2v) is 10.3. The van der Waals surface area contributed by atoms with Gasteiger partial charge in [-0.05, 0) is 47.4 Å². The molecule has 1 aromatic heterocycles. The van der Waals surface area contributed by atoms with Gasteiger partial charge in [0.1, 0.15) is 12.4 Å². The largest absolute Gasteiger partial charge is 0.467 e. The van der Waals surface area contributed by atoms with Gasteiger partial charge in [0.15, 0.2) is 0 Å². The number of nitrogens with zero attached hydrogens (tertiary/aromatic N) is 1. The minimum Gasteiger partial charge on any atom is -0.467 e. The van der Waals surface area contributed by atoms with Crippen molar-refractivity contribution in [2.24, 2.45) is 0 Å². The number of aryl methyl sites for hydroxylation is 1. The smallest absolute Gasteiger partial charge is 0.243 e. The number of amides is 1. The molecule has 0 saturated carbocycles.